The first-order valence-electron chi connectivity index (χ1n) is 4.84. The molecule has 1 aromatic rings. The van der Waals surface area contributed by atoms with Crippen molar-refractivity contribution in [3.05, 3.63) is 34.9 Å². The van der Waals surface area contributed by atoms with Crippen molar-refractivity contribution in [2.45, 2.75) is 26.7 Å². The van der Waals surface area contributed by atoms with Crippen LogP contribution in [0.1, 0.15) is 25.8 Å². The van der Waals surface area contributed by atoms with Crippen LogP contribution in [0.3, 0.4) is 0 Å². The molecule has 0 heterocycles. The number of benzene rings is 1. The van der Waals surface area contributed by atoms with Gasteiger partial charge in [0.15, 0.2) is 0 Å². The zero-order valence-electron chi connectivity index (χ0n) is 8.69. The summed E-state index contributed by atoms with van der Waals surface area (Å²) in [7, 11) is 0. The van der Waals surface area contributed by atoms with Crippen molar-refractivity contribution in [2.75, 3.05) is 4.43 Å². The molecular weight excluding hydrogens is 306 g/mol. The second-order valence-electron chi connectivity index (χ2n) is 4.42. The molecule has 0 amide bonds. The lowest BCUT2D eigenvalue weighted by Gasteiger charge is -2.21. The summed E-state index contributed by atoms with van der Waals surface area (Å²) in [6.45, 7) is 4.63. The molecule has 0 aliphatic heterocycles. The highest BCUT2D eigenvalue weighted by atomic mass is 127. The number of hydrogen-bond acceptors (Lipinski definition) is 0. The summed E-state index contributed by atoms with van der Waals surface area (Å²) >= 11 is 8.28. The van der Waals surface area contributed by atoms with E-state index in [2.05, 4.69) is 48.6 Å². The van der Waals surface area contributed by atoms with Crippen LogP contribution in [0.25, 0.3) is 0 Å². The highest BCUT2D eigenvalue weighted by Gasteiger charge is 2.15. The summed E-state index contributed by atoms with van der Waals surface area (Å²) in [5.41, 5.74) is 1.83. The molecule has 1 aromatic carbocycles. The summed E-state index contributed by atoms with van der Waals surface area (Å²) in [4.78, 5) is 0. The molecule has 0 aliphatic rings. The van der Waals surface area contributed by atoms with Crippen molar-refractivity contribution in [3.8, 4) is 0 Å². The maximum atomic E-state index is 5.83. The Morgan fingerprint density at radius 3 is 2.29 bits per heavy atom. The van der Waals surface area contributed by atoms with Crippen molar-refractivity contribution in [1.29, 1.82) is 0 Å². The summed E-state index contributed by atoms with van der Waals surface area (Å²) in [5, 5.41) is 0.821. The van der Waals surface area contributed by atoms with Gasteiger partial charge in [0.2, 0.25) is 0 Å². The Morgan fingerprint density at radius 2 is 1.79 bits per heavy atom. The zero-order chi connectivity index (χ0) is 10.6. The molecule has 0 bridgehead atoms. The van der Waals surface area contributed by atoms with Crippen molar-refractivity contribution in [2.24, 2.45) is 5.41 Å². The lowest BCUT2D eigenvalue weighted by molar-refractivity contribution is 0.394. The molecule has 78 valence electrons. The largest absolute Gasteiger partial charge is 0.0858 e. The fraction of sp³-hybridized carbons (Fsp3) is 0.500. The van der Waals surface area contributed by atoms with Gasteiger partial charge < -0.3 is 0 Å². The Hall–Kier alpha value is 0.240. The molecule has 0 unspecified atom stereocenters. The molecule has 0 saturated heterocycles. The Balaban J connectivity index is 2.50. The quantitative estimate of drug-likeness (QED) is 0.555. The van der Waals surface area contributed by atoms with Gasteiger partial charge in [0.05, 0.1) is 0 Å². The minimum Gasteiger partial charge on any atom is -0.0858 e. The Kier molecular flexibility index (Phi) is 4.71. The Morgan fingerprint density at radius 1 is 1.21 bits per heavy atom. The van der Waals surface area contributed by atoms with Gasteiger partial charge in [0.1, 0.15) is 0 Å². The fourth-order valence-corrected chi connectivity index (χ4v) is 1.71. The van der Waals surface area contributed by atoms with Gasteiger partial charge in [0, 0.05) is 9.45 Å². The third-order valence-electron chi connectivity index (χ3n) is 2.37. The van der Waals surface area contributed by atoms with Crippen LogP contribution in [0.5, 0.6) is 0 Å². The van der Waals surface area contributed by atoms with Gasteiger partial charge in [-0.1, -0.05) is 60.2 Å². The molecular formula is C12H16ClI. The summed E-state index contributed by atoms with van der Waals surface area (Å²) in [6, 6.07) is 8.17. The number of rotatable bonds is 4. The van der Waals surface area contributed by atoms with Crippen LogP contribution >= 0.6 is 34.2 Å². The maximum Gasteiger partial charge on any atom is 0.0406 e. The molecule has 0 aliphatic carbocycles. The summed E-state index contributed by atoms with van der Waals surface area (Å²) in [6.07, 6.45) is 2.38. The molecule has 0 fully saturated rings. The summed E-state index contributed by atoms with van der Waals surface area (Å²) < 4.78 is 1.21. The number of halogens is 2. The predicted octanol–water partition coefficient (Wildman–Crippen LogP) is 4.73. The van der Waals surface area contributed by atoms with Crippen LogP contribution in [0.15, 0.2) is 24.3 Å². The van der Waals surface area contributed by atoms with E-state index in [9.17, 15) is 0 Å². The molecule has 0 atom stereocenters. The van der Waals surface area contributed by atoms with E-state index < -0.39 is 0 Å². The van der Waals surface area contributed by atoms with E-state index in [1.165, 1.54) is 16.4 Å². The zero-order valence-corrected chi connectivity index (χ0v) is 11.6. The number of alkyl halides is 1. The molecule has 0 spiro atoms. The highest BCUT2D eigenvalue weighted by Crippen LogP contribution is 2.25. The van der Waals surface area contributed by atoms with Crippen LogP contribution in [0.2, 0.25) is 5.02 Å². The van der Waals surface area contributed by atoms with E-state index in [-0.39, 0.29) is 0 Å². The average molecular weight is 323 g/mol. The van der Waals surface area contributed by atoms with E-state index in [1.54, 1.807) is 0 Å². The van der Waals surface area contributed by atoms with Gasteiger partial charge in [-0.2, -0.15) is 0 Å². The first-order chi connectivity index (χ1) is 6.53. The minimum atomic E-state index is 0.445. The number of aryl methyl sites for hydroxylation is 1. The van der Waals surface area contributed by atoms with E-state index >= 15 is 0 Å². The van der Waals surface area contributed by atoms with Gasteiger partial charge >= 0.3 is 0 Å². The van der Waals surface area contributed by atoms with Gasteiger partial charge in [0.25, 0.3) is 0 Å². The van der Waals surface area contributed by atoms with E-state index in [0.717, 1.165) is 11.4 Å². The van der Waals surface area contributed by atoms with Crippen LogP contribution in [0, 0.1) is 5.41 Å². The van der Waals surface area contributed by atoms with Crippen molar-refractivity contribution >= 4 is 34.2 Å². The van der Waals surface area contributed by atoms with Gasteiger partial charge in [-0.15, -0.1) is 0 Å². The first-order valence-corrected chi connectivity index (χ1v) is 6.74. The smallest absolute Gasteiger partial charge is 0.0406 e. The highest BCUT2D eigenvalue weighted by molar-refractivity contribution is 14.1. The van der Waals surface area contributed by atoms with Gasteiger partial charge in [-0.05, 0) is 36.0 Å². The van der Waals surface area contributed by atoms with E-state index in [4.69, 9.17) is 11.6 Å². The second kappa shape index (κ2) is 5.36. The SMILES string of the molecule is CC(C)(CI)CCc1ccc(Cl)cc1. The standard InChI is InChI=1S/C12H16ClI/c1-12(2,9-14)8-7-10-3-5-11(13)6-4-10/h3-6H,7-9H2,1-2H3. The lowest BCUT2D eigenvalue weighted by atomic mass is 9.89. The van der Waals surface area contributed by atoms with Crippen LogP contribution < -0.4 is 0 Å². The molecule has 0 radical (unpaired) electrons. The van der Waals surface area contributed by atoms with Gasteiger partial charge in [-0.25, -0.2) is 0 Å². The average Bonchev–Trinajstić information content (AvgIpc) is 2.17. The first kappa shape index (κ1) is 12.3. The van der Waals surface area contributed by atoms with Crippen LogP contribution in [-0.4, -0.2) is 4.43 Å². The van der Waals surface area contributed by atoms with Crippen molar-refractivity contribution < 1.29 is 0 Å². The maximum absolute atomic E-state index is 5.83. The van der Waals surface area contributed by atoms with E-state index in [1.807, 2.05) is 12.1 Å². The van der Waals surface area contributed by atoms with Crippen LogP contribution in [0.4, 0.5) is 0 Å². The molecule has 0 aromatic heterocycles. The third-order valence-corrected chi connectivity index (χ3v) is 4.68. The number of hydrogen-bond donors (Lipinski definition) is 0. The fourth-order valence-electron chi connectivity index (χ4n) is 1.20. The molecule has 0 nitrogen and oxygen atoms in total. The molecule has 0 N–H and O–H groups in total. The Labute approximate surface area is 105 Å². The minimum absolute atomic E-state index is 0.445. The molecule has 1 rings (SSSR count). The normalized spacial score (nSPS) is 11.7. The molecule has 0 saturated carbocycles. The molecule has 2 heteroatoms. The van der Waals surface area contributed by atoms with Crippen molar-refractivity contribution in [3.63, 3.8) is 0 Å². The molecule has 14 heavy (non-hydrogen) atoms. The van der Waals surface area contributed by atoms with Crippen LogP contribution in [-0.2, 0) is 6.42 Å². The summed E-state index contributed by atoms with van der Waals surface area (Å²) in [5.74, 6) is 0. The topological polar surface area (TPSA) is 0 Å². The third kappa shape index (κ3) is 4.18. The second-order valence-corrected chi connectivity index (χ2v) is 5.62. The van der Waals surface area contributed by atoms with E-state index in [0.29, 0.717) is 5.41 Å². The predicted molar refractivity (Wildman–Crippen MR) is 72.4 cm³/mol. The van der Waals surface area contributed by atoms with Crippen molar-refractivity contribution in [1.82, 2.24) is 0 Å². The van der Waals surface area contributed by atoms with Gasteiger partial charge in [-0.3, -0.25) is 0 Å². The lowest BCUT2D eigenvalue weighted by Crippen LogP contribution is -2.13. The Bertz CT molecular complexity index is 277. The monoisotopic (exact) mass is 322 g/mol.